The van der Waals surface area contributed by atoms with Gasteiger partial charge in [0.2, 0.25) is 26.0 Å². The lowest BCUT2D eigenvalue weighted by atomic mass is 9.95. The van der Waals surface area contributed by atoms with Crippen molar-refractivity contribution in [2.45, 2.75) is 52.0 Å². The Balaban J connectivity index is 2.19. The molecule has 2 rings (SSSR count). The van der Waals surface area contributed by atoms with Crippen LogP contribution in [-0.2, 0) is 29.6 Å². The fourth-order valence-electron chi connectivity index (χ4n) is 3.00. The fourth-order valence-corrected chi connectivity index (χ4v) is 6.40. The summed E-state index contributed by atoms with van der Waals surface area (Å²) in [6, 6.07) is 4.08. The van der Waals surface area contributed by atoms with E-state index in [4.69, 9.17) is 4.74 Å². The summed E-state index contributed by atoms with van der Waals surface area (Å²) in [6.45, 7) is 9.20. The van der Waals surface area contributed by atoms with E-state index < -0.39 is 31.4 Å². The molecule has 0 aromatic heterocycles. The summed E-state index contributed by atoms with van der Waals surface area (Å²) in [5.41, 5.74) is -0.509. The summed E-state index contributed by atoms with van der Waals surface area (Å²) in [5, 5.41) is 0. The van der Waals surface area contributed by atoms with Crippen LogP contribution in [0, 0.1) is 12.3 Å². The van der Waals surface area contributed by atoms with Crippen molar-refractivity contribution in [3.05, 3.63) is 23.8 Å². The van der Waals surface area contributed by atoms with Gasteiger partial charge in [-0.3, -0.25) is 4.79 Å². The smallest absolute Gasteiger partial charge is 0.247 e. The number of rotatable bonds is 8. The van der Waals surface area contributed by atoms with Crippen LogP contribution in [0.5, 0.6) is 0 Å². The molecule has 10 heteroatoms. The van der Waals surface area contributed by atoms with Crippen LogP contribution in [0.25, 0.3) is 0 Å². The normalized spacial score (nSPS) is 18.8. The molecular weight excluding hydrogens is 404 g/mol. The molecule has 1 N–H and O–H groups in total. The predicted molar refractivity (Wildman–Crippen MR) is 107 cm³/mol. The van der Waals surface area contributed by atoms with Gasteiger partial charge in [0.05, 0.1) is 27.9 Å². The Morgan fingerprint density at radius 1 is 1.29 bits per heavy atom. The van der Waals surface area contributed by atoms with E-state index in [-0.39, 0.29) is 29.0 Å². The fraction of sp³-hybridized carbons (Fsp3) is 0.611. The third kappa shape index (κ3) is 4.91. The maximum atomic E-state index is 12.5. The first-order valence-electron chi connectivity index (χ1n) is 9.07. The third-order valence-corrected chi connectivity index (χ3v) is 7.97. The number of hydrogen-bond acceptors (Lipinski definition) is 6. The maximum absolute atomic E-state index is 12.5. The molecule has 0 unspecified atom stereocenters. The summed E-state index contributed by atoms with van der Waals surface area (Å²) < 4.78 is 58.5. The van der Waals surface area contributed by atoms with Crippen molar-refractivity contribution in [3.63, 3.8) is 0 Å². The van der Waals surface area contributed by atoms with Gasteiger partial charge in [0, 0.05) is 13.2 Å². The van der Waals surface area contributed by atoms with Gasteiger partial charge in [-0.2, -0.15) is 0 Å². The second-order valence-corrected chi connectivity index (χ2v) is 11.4. The minimum absolute atomic E-state index is 0.0457. The molecule has 28 heavy (non-hydrogen) atoms. The molecule has 0 radical (unpaired) electrons. The number of aryl methyl sites for hydroxylation is 1. The zero-order valence-electron chi connectivity index (χ0n) is 16.9. The Morgan fingerprint density at radius 3 is 2.43 bits per heavy atom. The van der Waals surface area contributed by atoms with Crippen molar-refractivity contribution < 1.29 is 26.4 Å². The summed E-state index contributed by atoms with van der Waals surface area (Å²) in [5.74, 6) is -0.802. The minimum atomic E-state index is -3.78. The summed E-state index contributed by atoms with van der Waals surface area (Å²) in [4.78, 5) is 12.5. The largest absolute Gasteiger partial charge is 0.379 e. The van der Waals surface area contributed by atoms with Crippen LogP contribution >= 0.6 is 0 Å². The molecule has 1 aliphatic rings. The molecule has 1 heterocycles. The number of amides is 1. The number of carbonyl (C=O) groups excluding carboxylic acids is 1. The topological polar surface area (TPSA) is 110 Å². The zero-order valence-corrected chi connectivity index (χ0v) is 18.5. The lowest BCUT2D eigenvalue weighted by Crippen LogP contribution is -2.33. The highest BCUT2D eigenvalue weighted by atomic mass is 32.2. The van der Waals surface area contributed by atoms with E-state index in [0.717, 1.165) is 4.31 Å². The highest BCUT2D eigenvalue weighted by Crippen LogP contribution is 2.36. The number of nitrogens with one attached hydrogen (secondary N) is 1. The number of ether oxygens (including phenoxy) is 1. The van der Waals surface area contributed by atoms with Crippen LogP contribution in [0.1, 0.15) is 39.7 Å². The first-order valence-corrected chi connectivity index (χ1v) is 12.2. The molecular formula is C18H28N2O6S2. The molecule has 1 amide bonds. The first-order chi connectivity index (χ1) is 12.8. The average Bonchev–Trinajstić information content (AvgIpc) is 2.69. The molecule has 8 nitrogen and oxygen atoms in total. The van der Waals surface area contributed by atoms with Crippen LogP contribution in [0.15, 0.2) is 23.1 Å². The molecule has 0 saturated carbocycles. The number of nitrogens with zero attached hydrogens (tertiary/aromatic N) is 1. The maximum Gasteiger partial charge on any atom is 0.247 e. The summed E-state index contributed by atoms with van der Waals surface area (Å²) >= 11 is 0. The number of carbonyl (C=O) groups is 1. The van der Waals surface area contributed by atoms with Gasteiger partial charge in [-0.25, -0.2) is 25.9 Å². The van der Waals surface area contributed by atoms with Gasteiger partial charge >= 0.3 is 0 Å². The van der Waals surface area contributed by atoms with Crippen molar-refractivity contribution in [2.75, 3.05) is 23.2 Å². The second-order valence-electron chi connectivity index (χ2n) is 7.83. The van der Waals surface area contributed by atoms with Gasteiger partial charge in [-0.1, -0.05) is 0 Å². The minimum Gasteiger partial charge on any atom is -0.379 e. The number of sulfonamides is 2. The average molecular weight is 433 g/mol. The van der Waals surface area contributed by atoms with Crippen molar-refractivity contribution >= 4 is 31.6 Å². The second kappa shape index (κ2) is 8.10. The van der Waals surface area contributed by atoms with Crippen molar-refractivity contribution in [3.8, 4) is 0 Å². The highest BCUT2D eigenvalue weighted by molar-refractivity contribution is 7.94. The Morgan fingerprint density at radius 2 is 1.93 bits per heavy atom. The van der Waals surface area contributed by atoms with Gasteiger partial charge < -0.3 is 4.74 Å². The molecule has 0 bridgehead atoms. The van der Waals surface area contributed by atoms with E-state index in [1.165, 1.54) is 18.2 Å². The van der Waals surface area contributed by atoms with Crippen molar-refractivity contribution in [1.29, 1.82) is 0 Å². The van der Waals surface area contributed by atoms with Gasteiger partial charge in [0.15, 0.2) is 0 Å². The van der Waals surface area contributed by atoms with Gasteiger partial charge in [-0.15, -0.1) is 0 Å². The quantitative estimate of drug-likeness (QED) is 0.627. The van der Waals surface area contributed by atoms with Crippen molar-refractivity contribution in [2.24, 2.45) is 5.41 Å². The lowest BCUT2D eigenvalue weighted by molar-refractivity contribution is -0.123. The van der Waals surface area contributed by atoms with Gasteiger partial charge in [0.25, 0.3) is 0 Å². The Bertz CT molecular complexity index is 952. The molecule has 158 valence electrons. The van der Waals surface area contributed by atoms with Crippen molar-refractivity contribution in [1.82, 2.24) is 4.72 Å². The molecule has 1 aromatic carbocycles. The third-order valence-electron chi connectivity index (χ3n) is 4.33. The van der Waals surface area contributed by atoms with E-state index >= 15 is 0 Å². The van der Waals surface area contributed by atoms with Gasteiger partial charge in [0.1, 0.15) is 0 Å². The Kier molecular flexibility index (Phi) is 6.59. The SMILES string of the molecule is Cc1cc(N2C(=O)C(C)(C)CS2(=O)=O)ccc1S(=O)(=O)NCCCOC(C)C. The number of hydrogen-bond donors (Lipinski definition) is 1. The zero-order chi connectivity index (χ0) is 21.3. The first kappa shape index (κ1) is 22.8. The van der Waals surface area contributed by atoms with E-state index in [0.29, 0.717) is 18.6 Å². The van der Waals surface area contributed by atoms with E-state index in [9.17, 15) is 21.6 Å². The Labute approximate surface area is 167 Å². The number of anilines is 1. The molecule has 0 atom stereocenters. The molecule has 1 saturated heterocycles. The van der Waals surface area contributed by atoms with Crippen LogP contribution < -0.4 is 9.03 Å². The van der Waals surface area contributed by atoms with E-state index in [1.807, 2.05) is 13.8 Å². The molecule has 0 aliphatic carbocycles. The van der Waals surface area contributed by atoms with Crippen LogP contribution in [0.2, 0.25) is 0 Å². The van der Waals surface area contributed by atoms with E-state index in [2.05, 4.69) is 4.72 Å². The molecule has 0 spiro atoms. The van der Waals surface area contributed by atoms with E-state index in [1.54, 1.807) is 20.8 Å². The highest BCUT2D eigenvalue weighted by Gasteiger charge is 2.50. The molecule has 1 aromatic rings. The molecule has 1 aliphatic heterocycles. The molecule has 1 fully saturated rings. The monoisotopic (exact) mass is 432 g/mol. The number of benzene rings is 1. The lowest BCUT2D eigenvalue weighted by Gasteiger charge is -2.19. The predicted octanol–water partition coefficient (Wildman–Crippen LogP) is 1.79. The van der Waals surface area contributed by atoms with Crippen LogP contribution in [-0.4, -0.2) is 47.8 Å². The van der Waals surface area contributed by atoms with Crippen LogP contribution in [0.3, 0.4) is 0 Å². The van der Waals surface area contributed by atoms with Gasteiger partial charge in [-0.05, 0) is 64.8 Å². The van der Waals surface area contributed by atoms with Crippen LogP contribution in [0.4, 0.5) is 5.69 Å². The standard InChI is InChI=1S/C18H28N2O6S2/c1-13(2)26-10-6-9-19-28(24,25)16-8-7-15(11-14(16)3)20-17(21)18(4,5)12-27(20,22)23/h7-8,11,13,19H,6,9-10,12H2,1-5H3. The summed E-state index contributed by atoms with van der Waals surface area (Å²) in [7, 11) is -7.54. The summed E-state index contributed by atoms with van der Waals surface area (Å²) in [6.07, 6.45) is 0.616. The Hall–Kier alpha value is -1.49.